The Morgan fingerprint density at radius 2 is 2.17 bits per heavy atom. The van der Waals surface area contributed by atoms with Gasteiger partial charge in [0.15, 0.2) is 0 Å². The number of benzene rings is 1. The zero-order chi connectivity index (χ0) is 16.5. The van der Waals surface area contributed by atoms with Gasteiger partial charge in [0.25, 0.3) is 0 Å². The van der Waals surface area contributed by atoms with Crippen LogP contribution in [0.2, 0.25) is 0 Å². The van der Waals surface area contributed by atoms with Gasteiger partial charge in [0, 0.05) is 37.6 Å². The van der Waals surface area contributed by atoms with Crippen LogP contribution in [0.15, 0.2) is 42.7 Å². The van der Waals surface area contributed by atoms with Crippen LogP contribution in [-0.4, -0.2) is 39.6 Å². The maximum absolute atomic E-state index is 12.7. The lowest BCUT2D eigenvalue weighted by molar-refractivity contribution is -0.135. The van der Waals surface area contributed by atoms with E-state index in [9.17, 15) is 9.59 Å². The average Bonchev–Trinajstić information content (AvgIpc) is 3.24. The van der Waals surface area contributed by atoms with Crippen molar-refractivity contribution in [2.45, 2.75) is 31.2 Å². The van der Waals surface area contributed by atoms with E-state index in [0.717, 1.165) is 30.6 Å². The van der Waals surface area contributed by atoms with E-state index < -0.39 is 0 Å². The van der Waals surface area contributed by atoms with Crippen molar-refractivity contribution >= 4 is 17.5 Å². The number of aromatic nitrogens is 2. The second-order valence-corrected chi connectivity index (χ2v) is 6.46. The first kappa shape index (κ1) is 14.9. The molecule has 3 heterocycles. The van der Waals surface area contributed by atoms with Crippen LogP contribution < -0.4 is 5.32 Å². The fourth-order valence-corrected chi connectivity index (χ4v) is 3.68. The molecule has 1 aromatic carbocycles. The molecule has 0 bridgehead atoms. The highest BCUT2D eigenvalue weighted by atomic mass is 16.2. The molecule has 6 nitrogen and oxygen atoms in total. The first-order valence-corrected chi connectivity index (χ1v) is 8.39. The summed E-state index contributed by atoms with van der Waals surface area (Å²) < 4.78 is 1.93. The molecule has 24 heavy (non-hydrogen) atoms. The summed E-state index contributed by atoms with van der Waals surface area (Å²) in [5.41, 5.74) is 1.75. The predicted molar refractivity (Wildman–Crippen MR) is 89.5 cm³/mol. The number of anilines is 1. The summed E-state index contributed by atoms with van der Waals surface area (Å²) in [5, 5.41) is 7.16. The maximum Gasteiger partial charge on any atom is 0.232 e. The summed E-state index contributed by atoms with van der Waals surface area (Å²) in [6.07, 6.45) is 5.93. The fraction of sp³-hybridized carbons (Fsp3) is 0.389. The van der Waals surface area contributed by atoms with Gasteiger partial charge in [-0.05, 0) is 30.5 Å². The van der Waals surface area contributed by atoms with Crippen molar-refractivity contribution in [2.24, 2.45) is 0 Å². The van der Waals surface area contributed by atoms with Crippen molar-refractivity contribution in [1.82, 2.24) is 14.7 Å². The van der Waals surface area contributed by atoms with Crippen LogP contribution in [-0.2, 0) is 9.59 Å². The number of fused-ring (bicyclic) bond motifs is 1. The van der Waals surface area contributed by atoms with Gasteiger partial charge in [-0.1, -0.05) is 18.2 Å². The zero-order valence-corrected chi connectivity index (χ0v) is 13.4. The van der Waals surface area contributed by atoms with Gasteiger partial charge < -0.3 is 10.2 Å². The van der Waals surface area contributed by atoms with E-state index in [1.807, 2.05) is 46.1 Å². The molecule has 1 saturated heterocycles. The highest BCUT2D eigenvalue weighted by molar-refractivity contribution is 6.04. The van der Waals surface area contributed by atoms with Crippen LogP contribution >= 0.6 is 0 Å². The molecule has 0 radical (unpaired) electrons. The van der Waals surface area contributed by atoms with E-state index in [2.05, 4.69) is 10.4 Å². The van der Waals surface area contributed by atoms with Crippen molar-refractivity contribution in [3.63, 3.8) is 0 Å². The van der Waals surface area contributed by atoms with E-state index >= 15 is 0 Å². The van der Waals surface area contributed by atoms with Gasteiger partial charge in [-0.15, -0.1) is 0 Å². The molecule has 1 aromatic heterocycles. The topological polar surface area (TPSA) is 67.2 Å². The Kier molecular flexibility index (Phi) is 3.80. The largest absolute Gasteiger partial charge is 0.341 e. The minimum Gasteiger partial charge on any atom is -0.341 e. The number of amides is 2. The highest BCUT2D eigenvalue weighted by Crippen LogP contribution is 2.35. The van der Waals surface area contributed by atoms with Gasteiger partial charge in [-0.2, -0.15) is 5.10 Å². The van der Waals surface area contributed by atoms with Gasteiger partial charge in [-0.3, -0.25) is 14.3 Å². The second kappa shape index (κ2) is 6.11. The fourth-order valence-electron chi connectivity index (χ4n) is 3.68. The van der Waals surface area contributed by atoms with Gasteiger partial charge in [0.1, 0.15) is 0 Å². The maximum atomic E-state index is 12.7. The Hall–Kier alpha value is -2.63. The molecule has 2 amide bonds. The number of carbonyl (C=O) groups is 2. The van der Waals surface area contributed by atoms with E-state index in [0.29, 0.717) is 6.54 Å². The number of hydrogen-bond donors (Lipinski definition) is 1. The molecule has 2 aliphatic heterocycles. The van der Waals surface area contributed by atoms with E-state index in [1.54, 1.807) is 6.20 Å². The zero-order valence-electron chi connectivity index (χ0n) is 13.4. The monoisotopic (exact) mass is 324 g/mol. The van der Waals surface area contributed by atoms with Crippen molar-refractivity contribution in [3.8, 4) is 0 Å². The molecule has 0 aliphatic carbocycles. The lowest BCUT2D eigenvalue weighted by Crippen LogP contribution is -2.41. The van der Waals surface area contributed by atoms with E-state index in [1.165, 1.54) is 0 Å². The molecule has 0 saturated carbocycles. The van der Waals surface area contributed by atoms with Gasteiger partial charge >= 0.3 is 0 Å². The first-order valence-electron chi connectivity index (χ1n) is 8.39. The SMILES string of the molecule is O=C1Nc2ccccc2[C@H]1CC(=O)N1CCC[C@H](n2cccn2)C1. The smallest absolute Gasteiger partial charge is 0.232 e. The molecule has 124 valence electrons. The Morgan fingerprint density at radius 1 is 1.29 bits per heavy atom. The van der Waals surface area contributed by atoms with Crippen molar-refractivity contribution in [2.75, 3.05) is 18.4 Å². The van der Waals surface area contributed by atoms with Crippen molar-refractivity contribution in [3.05, 3.63) is 48.3 Å². The molecule has 1 fully saturated rings. The standard InChI is InChI=1S/C18H20N4O2/c23-17(11-15-14-6-1-2-7-16(14)20-18(15)24)21-9-3-5-13(12-21)22-10-4-8-19-22/h1-2,4,6-8,10,13,15H,3,5,9,11-12H2,(H,20,24)/t13-,15+/m0/s1. The number of nitrogens with one attached hydrogen (secondary N) is 1. The summed E-state index contributed by atoms with van der Waals surface area (Å²) >= 11 is 0. The first-order chi connectivity index (χ1) is 11.7. The Morgan fingerprint density at radius 3 is 3.00 bits per heavy atom. The summed E-state index contributed by atoms with van der Waals surface area (Å²) in [5.74, 6) is -0.410. The number of carbonyl (C=O) groups excluding carboxylic acids is 2. The number of likely N-dealkylation sites (tertiary alicyclic amines) is 1. The lowest BCUT2D eigenvalue weighted by atomic mass is 9.96. The third-order valence-electron chi connectivity index (χ3n) is 4.94. The van der Waals surface area contributed by atoms with Crippen LogP contribution in [0.1, 0.15) is 36.8 Å². The number of hydrogen-bond acceptors (Lipinski definition) is 3. The minimum atomic E-state index is -0.376. The van der Waals surface area contributed by atoms with Crippen LogP contribution in [0.25, 0.3) is 0 Å². The van der Waals surface area contributed by atoms with Gasteiger partial charge in [-0.25, -0.2) is 0 Å². The molecule has 4 rings (SSSR count). The summed E-state index contributed by atoms with van der Waals surface area (Å²) in [6.45, 7) is 1.42. The number of rotatable bonds is 3. The molecular formula is C18H20N4O2. The summed E-state index contributed by atoms with van der Waals surface area (Å²) in [7, 11) is 0. The predicted octanol–water partition coefficient (Wildman–Crippen LogP) is 2.17. The van der Waals surface area contributed by atoms with Crippen LogP contribution in [0.5, 0.6) is 0 Å². The highest BCUT2D eigenvalue weighted by Gasteiger charge is 2.34. The third kappa shape index (κ3) is 2.68. The van der Waals surface area contributed by atoms with E-state index in [-0.39, 0.29) is 30.2 Å². The van der Waals surface area contributed by atoms with E-state index in [4.69, 9.17) is 0 Å². The number of para-hydroxylation sites is 1. The quantitative estimate of drug-likeness (QED) is 0.941. The molecule has 2 aliphatic rings. The molecule has 2 aromatic rings. The lowest BCUT2D eigenvalue weighted by Gasteiger charge is -2.33. The van der Waals surface area contributed by atoms with Gasteiger partial charge in [0.2, 0.25) is 11.8 Å². The number of piperidine rings is 1. The molecule has 6 heteroatoms. The van der Waals surface area contributed by atoms with Crippen LogP contribution in [0.4, 0.5) is 5.69 Å². The van der Waals surface area contributed by atoms with Crippen LogP contribution in [0, 0.1) is 0 Å². The second-order valence-electron chi connectivity index (χ2n) is 6.46. The summed E-state index contributed by atoms with van der Waals surface area (Å²) in [4.78, 5) is 26.8. The van der Waals surface area contributed by atoms with Crippen molar-refractivity contribution < 1.29 is 9.59 Å². The van der Waals surface area contributed by atoms with Crippen molar-refractivity contribution in [1.29, 1.82) is 0 Å². The normalized spacial score (nSPS) is 23.0. The number of nitrogens with zero attached hydrogens (tertiary/aromatic N) is 3. The Balaban J connectivity index is 1.45. The molecular weight excluding hydrogens is 304 g/mol. The Bertz CT molecular complexity index is 756. The summed E-state index contributed by atoms with van der Waals surface area (Å²) in [6, 6.07) is 9.73. The third-order valence-corrected chi connectivity index (χ3v) is 4.94. The van der Waals surface area contributed by atoms with Crippen LogP contribution in [0.3, 0.4) is 0 Å². The minimum absolute atomic E-state index is 0.0451. The van der Waals surface area contributed by atoms with Gasteiger partial charge in [0.05, 0.1) is 12.0 Å². The molecule has 2 atom stereocenters. The molecule has 1 N–H and O–H groups in total. The molecule has 0 spiro atoms. The average molecular weight is 324 g/mol. The molecule has 0 unspecified atom stereocenters. The Labute approximate surface area is 140 Å².